The molecule has 33 heavy (non-hydrogen) atoms. The van der Waals surface area contributed by atoms with Crippen LogP contribution in [0, 0.1) is 5.92 Å². The summed E-state index contributed by atoms with van der Waals surface area (Å²) < 4.78 is 5.79. The van der Waals surface area contributed by atoms with Gasteiger partial charge in [0.2, 0.25) is 0 Å². The minimum atomic E-state index is -0.533. The lowest BCUT2D eigenvalue weighted by molar-refractivity contribution is 0.0828. The quantitative estimate of drug-likeness (QED) is 0.734. The fourth-order valence-electron chi connectivity index (χ4n) is 5.55. The minimum Gasteiger partial charge on any atom is -0.410 e. The van der Waals surface area contributed by atoms with Crippen molar-refractivity contribution in [1.82, 2.24) is 4.90 Å². The van der Waals surface area contributed by atoms with Crippen LogP contribution in [-0.4, -0.2) is 44.1 Å². The molecule has 0 radical (unpaired) electrons. The molecule has 0 aromatic heterocycles. The summed E-state index contributed by atoms with van der Waals surface area (Å²) >= 11 is 0. The molecule has 0 saturated heterocycles. The summed E-state index contributed by atoms with van der Waals surface area (Å²) in [5.74, 6) is 0.851. The highest BCUT2D eigenvalue weighted by Gasteiger charge is 2.44. The fourth-order valence-corrected chi connectivity index (χ4v) is 5.55. The number of amides is 2. The lowest BCUT2D eigenvalue weighted by Gasteiger charge is -2.47. The normalized spacial score (nSPS) is 24.2. The maximum atomic E-state index is 13.0. The summed E-state index contributed by atoms with van der Waals surface area (Å²) in [5.41, 5.74) is 10.2. The molecule has 2 aliphatic carbocycles. The van der Waals surface area contributed by atoms with E-state index >= 15 is 0 Å². The van der Waals surface area contributed by atoms with Crippen LogP contribution < -0.4 is 15.4 Å². The number of carbonyl (C=O) groups excluding carboxylic acids is 2. The van der Waals surface area contributed by atoms with E-state index in [-0.39, 0.29) is 17.4 Å². The molecule has 1 saturated carbocycles. The summed E-state index contributed by atoms with van der Waals surface area (Å²) in [4.78, 5) is 28.5. The molecule has 1 fully saturated rings. The van der Waals surface area contributed by atoms with Crippen molar-refractivity contribution in [2.45, 2.75) is 56.9 Å². The van der Waals surface area contributed by atoms with Crippen molar-refractivity contribution < 1.29 is 14.3 Å². The molecule has 6 nitrogen and oxygen atoms in total. The van der Waals surface area contributed by atoms with E-state index in [0.29, 0.717) is 22.9 Å². The van der Waals surface area contributed by atoms with E-state index in [0.717, 1.165) is 12.8 Å². The number of ether oxygens (including phenoxy) is 1. The number of nitrogens with zero attached hydrogens (tertiary/aromatic N) is 2. The SMILES string of the molecule is CN(C)C(=O)c1ccccc1N(C)C(=O)Oc1ccc2c(c1)[C@@]1(C)CCCCC[C@@H](C2)[C@@H]1N. The van der Waals surface area contributed by atoms with Gasteiger partial charge in [0.05, 0.1) is 11.3 Å². The van der Waals surface area contributed by atoms with Gasteiger partial charge in [0.15, 0.2) is 0 Å². The van der Waals surface area contributed by atoms with Crippen LogP contribution in [0.1, 0.15) is 60.5 Å². The predicted molar refractivity (Wildman–Crippen MR) is 131 cm³/mol. The molecule has 0 spiro atoms. The molecule has 2 bridgehead atoms. The zero-order chi connectivity index (χ0) is 23.8. The van der Waals surface area contributed by atoms with Gasteiger partial charge in [-0.05, 0) is 60.6 Å². The molecule has 2 aromatic carbocycles. The van der Waals surface area contributed by atoms with Gasteiger partial charge >= 0.3 is 6.09 Å². The van der Waals surface area contributed by atoms with E-state index in [2.05, 4.69) is 13.0 Å². The Morgan fingerprint density at radius 3 is 2.58 bits per heavy atom. The lowest BCUT2D eigenvalue weighted by atomic mass is 9.60. The van der Waals surface area contributed by atoms with Crippen LogP contribution in [0.5, 0.6) is 5.75 Å². The van der Waals surface area contributed by atoms with Crippen molar-refractivity contribution in [3.63, 3.8) is 0 Å². The second kappa shape index (κ2) is 9.18. The number of rotatable bonds is 3. The number of benzene rings is 2. The van der Waals surface area contributed by atoms with Gasteiger partial charge < -0.3 is 15.4 Å². The number of nitrogens with two attached hydrogens (primary N) is 1. The Hall–Kier alpha value is -2.86. The topological polar surface area (TPSA) is 75.9 Å². The highest BCUT2D eigenvalue weighted by atomic mass is 16.6. The second-order valence-electron chi connectivity index (χ2n) is 9.97. The third kappa shape index (κ3) is 4.36. The van der Waals surface area contributed by atoms with Crippen LogP contribution in [-0.2, 0) is 11.8 Å². The number of fused-ring (bicyclic) bond motifs is 4. The molecule has 0 heterocycles. The molecular formula is C27H35N3O3. The number of hydrogen-bond acceptors (Lipinski definition) is 4. The summed E-state index contributed by atoms with van der Waals surface area (Å²) in [6, 6.07) is 13.2. The monoisotopic (exact) mass is 449 g/mol. The summed E-state index contributed by atoms with van der Waals surface area (Å²) in [7, 11) is 5.00. The van der Waals surface area contributed by atoms with E-state index in [1.54, 1.807) is 45.4 Å². The molecule has 0 unspecified atom stereocenters. The van der Waals surface area contributed by atoms with E-state index in [4.69, 9.17) is 10.5 Å². The van der Waals surface area contributed by atoms with Gasteiger partial charge in [0.1, 0.15) is 5.75 Å². The average Bonchev–Trinajstić information content (AvgIpc) is 2.81. The first-order chi connectivity index (χ1) is 15.7. The van der Waals surface area contributed by atoms with Crippen LogP contribution >= 0.6 is 0 Å². The van der Waals surface area contributed by atoms with Gasteiger partial charge in [-0.25, -0.2) is 4.79 Å². The number of anilines is 1. The Balaban J connectivity index is 1.60. The van der Waals surface area contributed by atoms with E-state index in [1.807, 2.05) is 12.1 Å². The predicted octanol–water partition coefficient (Wildman–Crippen LogP) is 4.75. The Morgan fingerprint density at radius 1 is 1.06 bits per heavy atom. The first-order valence-electron chi connectivity index (χ1n) is 11.9. The van der Waals surface area contributed by atoms with Gasteiger partial charge in [0, 0.05) is 32.6 Å². The smallest absolute Gasteiger partial charge is 0.410 e. The first kappa shape index (κ1) is 23.3. The maximum Gasteiger partial charge on any atom is 0.419 e. The van der Waals surface area contributed by atoms with Crippen LogP contribution in [0.25, 0.3) is 0 Å². The highest BCUT2D eigenvalue weighted by molar-refractivity contribution is 6.03. The molecule has 6 heteroatoms. The molecule has 176 valence electrons. The van der Waals surface area contributed by atoms with Crippen molar-refractivity contribution >= 4 is 17.7 Å². The zero-order valence-corrected chi connectivity index (χ0v) is 20.1. The van der Waals surface area contributed by atoms with Crippen LogP contribution in [0.15, 0.2) is 42.5 Å². The average molecular weight is 450 g/mol. The zero-order valence-electron chi connectivity index (χ0n) is 20.1. The van der Waals surface area contributed by atoms with Crippen molar-refractivity contribution in [2.24, 2.45) is 11.7 Å². The van der Waals surface area contributed by atoms with Crippen LogP contribution in [0.2, 0.25) is 0 Å². The summed E-state index contributed by atoms with van der Waals surface area (Å²) in [6.45, 7) is 2.27. The largest absolute Gasteiger partial charge is 0.419 e. The van der Waals surface area contributed by atoms with Gasteiger partial charge in [-0.1, -0.05) is 44.4 Å². The molecule has 0 aliphatic heterocycles. The number of carbonyl (C=O) groups is 2. The van der Waals surface area contributed by atoms with Gasteiger partial charge in [-0.3, -0.25) is 9.69 Å². The Labute approximate surface area is 196 Å². The van der Waals surface area contributed by atoms with Crippen LogP contribution in [0.3, 0.4) is 0 Å². The molecule has 2 amide bonds. The van der Waals surface area contributed by atoms with Crippen LogP contribution in [0.4, 0.5) is 10.5 Å². The molecule has 2 N–H and O–H groups in total. The summed E-state index contributed by atoms with van der Waals surface area (Å²) in [6.07, 6.45) is 6.36. The van der Waals surface area contributed by atoms with Crippen molar-refractivity contribution in [1.29, 1.82) is 0 Å². The Kier molecular flexibility index (Phi) is 6.48. The van der Waals surface area contributed by atoms with Gasteiger partial charge in [-0.2, -0.15) is 0 Å². The Morgan fingerprint density at radius 2 is 1.82 bits per heavy atom. The Bertz CT molecular complexity index is 1050. The van der Waals surface area contributed by atoms with E-state index in [1.165, 1.54) is 46.6 Å². The number of para-hydroxylation sites is 1. The summed E-state index contributed by atoms with van der Waals surface area (Å²) in [5, 5.41) is 0. The van der Waals surface area contributed by atoms with Crippen molar-refractivity contribution in [3.05, 3.63) is 59.2 Å². The van der Waals surface area contributed by atoms with Gasteiger partial charge in [0.25, 0.3) is 5.91 Å². The van der Waals surface area contributed by atoms with E-state index < -0.39 is 6.09 Å². The molecule has 4 rings (SSSR count). The fraction of sp³-hybridized carbons (Fsp3) is 0.481. The molecule has 3 atom stereocenters. The lowest BCUT2D eigenvalue weighted by Crippen LogP contribution is -2.52. The molecular weight excluding hydrogens is 414 g/mol. The number of hydrogen-bond donors (Lipinski definition) is 1. The third-order valence-electron chi connectivity index (χ3n) is 7.57. The minimum absolute atomic E-state index is 0.113. The second-order valence-corrected chi connectivity index (χ2v) is 9.97. The first-order valence-corrected chi connectivity index (χ1v) is 11.9. The molecule has 2 aromatic rings. The van der Waals surface area contributed by atoms with Gasteiger partial charge in [-0.15, -0.1) is 0 Å². The third-order valence-corrected chi connectivity index (χ3v) is 7.57. The van der Waals surface area contributed by atoms with Crippen molar-refractivity contribution in [2.75, 3.05) is 26.0 Å². The standard InChI is InChI=1S/C27H35N3O3/c1-27-15-9-5-6-10-19(24(27)28)16-18-13-14-20(17-22(18)27)33-26(32)30(4)23-12-8-7-11-21(23)25(31)29(2)3/h7-8,11-14,17,19,24H,5-6,9-10,15-16,28H2,1-4H3/t19-,24-,27+/m0/s1. The van der Waals surface area contributed by atoms with E-state index in [9.17, 15) is 9.59 Å². The maximum absolute atomic E-state index is 13.0. The molecule has 2 aliphatic rings. The highest BCUT2D eigenvalue weighted by Crippen LogP contribution is 2.46. The van der Waals surface area contributed by atoms with Crippen molar-refractivity contribution in [3.8, 4) is 5.75 Å².